The maximum absolute atomic E-state index is 10.7. The molecule has 0 spiro atoms. The average Bonchev–Trinajstić information content (AvgIpc) is 2.31. The van der Waals surface area contributed by atoms with Crippen LogP contribution in [0.5, 0.6) is 0 Å². The van der Waals surface area contributed by atoms with Crippen LogP contribution in [0, 0.1) is 11.3 Å². The van der Waals surface area contributed by atoms with Crippen molar-refractivity contribution in [3.8, 4) is 6.07 Å². The van der Waals surface area contributed by atoms with Crippen LogP contribution in [-0.2, 0) is 9.53 Å². The van der Waals surface area contributed by atoms with E-state index in [0.29, 0.717) is 13.0 Å². The van der Waals surface area contributed by atoms with Gasteiger partial charge in [0.1, 0.15) is 6.04 Å². The van der Waals surface area contributed by atoms with Gasteiger partial charge in [0.05, 0.1) is 19.2 Å². The molecule has 54 valence electrons. The Morgan fingerprint density at radius 3 is 3.20 bits per heavy atom. The van der Waals surface area contributed by atoms with Crippen molar-refractivity contribution in [1.82, 2.24) is 5.32 Å². The summed E-state index contributed by atoms with van der Waals surface area (Å²) in [5, 5.41) is 10.9. The first-order chi connectivity index (χ1) is 4.84. The van der Waals surface area contributed by atoms with Crippen molar-refractivity contribution in [2.75, 3.05) is 13.2 Å². The minimum Gasteiger partial charge on any atom is -0.464 e. The Morgan fingerprint density at radius 1 is 1.90 bits per heavy atom. The highest BCUT2D eigenvalue weighted by Gasteiger charge is 2.25. The zero-order valence-corrected chi connectivity index (χ0v) is 5.46. The van der Waals surface area contributed by atoms with Crippen LogP contribution >= 0.6 is 0 Å². The molecule has 4 nitrogen and oxygen atoms in total. The Balaban J connectivity index is 2.28. The molecule has 0 aliphatic carbocycles. The number of hydrogen-bond donors (Lipinski definition) is 1. The van der Waals surface area contributed by atoms with E-state index in [1.54, 1.807) is 0 Å². The van der Waals surface area contributed by atoms with Crippen molar-refractivity contribution in [2.24, 2.45) is 0 Å². The third-order valence-electron chi connectivity index (χ3n) is 1.36. The summed E-state index contributed by atoms with van der Waals surface area (Å²) in [6.07, 6.45) is 0.681. The number of carbonyl (C=O) groups is 1. The van der Waals surface area contributed by atoms with Gasteiger partial charge in [0.25, 0.3) is 0 Å². The predicted octanol–water partition coefficient (Wildman–Crippen LogP) is -0.585. The van der Waals surface area contributed by atoms with Gasteiger partial charge in [-0.25, -0.2) is 0 Å². The number of nitriles is 1. The summed E-state index contributed by atoms with van der Waals surface area (Å²) < 4.78 is 4.65. The quantitative estimate of drug-likeness (QED) is 0.411. The first-order valence-electron chi connectivity index (χ1n) is 3.11. The molecule has 0 amide bonds. The Labute approximate surface area is 58.8 Å². The minimum absolute atomic E-state index is 0.208. The van der Waals surface area contributed by atoms with E-state index in [9.17, 15) is 4.79 Å². The van der Waals surface area contributed by atoms with Crippen LogP contribution in [-0.4, -0.2) is 25.2 Å². The summed E-state index contributed by atoms with van der Waals surface area (Å²) in [5.74, 6) is -0.241. The molecule has 1 unspecified atom stereocenters. The van der Waals surface area contributed by atoms with Crippen molar-refractivity contribution < 1.29 is 9.53 Å². The fourth-order valence-electron chi connectivity index (χ4n) is 0.850. The van der Waals surface area contributed by atoms with Crippen LogP contribution in [0.1, 0.15) is 6.42 Å². The molecule has 0 radical (unpaired) electrons. The van der Waals surface area contributed by atoms with Crippen molar-refractivity contribution >= 4 is 5.97 Å². The highest BCUT2D eigenvalue weighted by Crippen LogP contribution is 2.04. The first kappa shape index (κ1) is 7.03. The Bertz CT molecular complexity index is 173. The molecular formula is C6H8N2O2. The highest BCUT2D eigenvalue weighted by molar-refractivity contribution is 5.77. The molecule has 1 N–H and O–H groups in total. The summed E-state index contributed by atoms with van der Waals surface area (Å²) in [5.41, 5.74) is 0. The lowest BCUT2D eigenvalue weighted by atomic mass is 10.2. The zero-order chi connectivity index (χ0) is 7.40. The second-order valence-electron chi connectivity index (χ2n) is 2.05. The van der Waals surface area contributed by atoms with E-state index >= 15 is 0 Å². The molecule has 1 heterocycles. The molecule has 0 bridgehead atoms. The van der Waals surface area contributed by atoms with Crippen LogP contribution < -0.4 is 5.32 Å². The van der Waals surface area contributed by atoms with Gasteiger partial charge in [0, 0.05) is 6.42 Å². The summed E-state index contributed by atoms with van der Waals surface area (Å²) in [6, 6.07) is 1.65. The van der Waals surface area contributed by atoms with Crippen molar-refractivity contribution in [2.45, 2.75) is 12.5 Å². The third kappa shape index (κ3) is 1.45. The molecule has 1 aliphatic rings. The summed E-state index contributed by atoms with van der Waals surface area (Å²) in [4.78, 5) is 10.7. The summed E-state index contributed by atoms with van der Waals surface area (Å²) >= 11 is 0. The summed E-state index contributed by atoms with van der Waals surface area (Å²) in [7, 11) is 0. The topological polar surface area (TPSA) is 62.1 Å². The largest absolute Gasteiger partial charge is 0.464 e. The number of cyclic esters (lactones) is 1. The molecule has 4 heteroatoms. The monoisotopic (exact) mass is 140 g/mol. The van der Waals surface area contributed by atoms with Gasteiger partial charge in [-0.3, -0.25) is 10.1 Å². The van der Waals surface area contributed by atoms with Gasteiger partial charge in [0.15, 0.2) is 0 Å². The Kier molecular flexibility index (Phi) is 2.24. The van der Waals surface area contributed by atoms with Crippen molar-refractivity contribution in [3.63, 3.8) is 0 Å². The van der Waals surface area contributed by atoms with Gasteiger partial charge >= 0.3 is 5.97 Å². The molecule has 1 fully saturated rings. The summed E-state index contributed by atoms with van der Waals surface area (Å²) in [6.45, 7) is 0.682. The second kappa shape index (κ2) is 3.18. The molecule has 1 saturated heterocycles. The van der Waals surface area contributed by atoms with Gasteiger partial charge in [-0.2, -0.15) is 5.26 Å². The number of carbonyl (C=O) groups excluding carboxylic acids is 1. The van der Waals surface area contributed by atoms with Crippen LogP contribution in [0.3, 0.4) is 0 Å². The fraction of sp³-hybridized carbons (Fsp3) is 0.667. The number of nitrogens with zero attached hydrogens (tertiary/aromatic N) is 1. The van der Waals surface area contributed by atoms with Crippen LogP contribution in [0.25, 0.3) is 0 Å². The number of ether oxygens (including phenoxy) is 1. The number of hydrogen-bond acceptors (Lipinski definition) is 4. The fourth-order valence-corrected chi connectivity index (χ4v) is 0.850. The van der Waals surface area contributed by atoms with E-state index in [4.69, 9.17) is 5.26 Å². The van der Waals surface area contributed by atoms with E-state index in [1.807, 2.05) is 6.07 Å². The second-order valence-corrected chi connectivity index (χ2v) is 2.05. The third-order valence-corrected chi connectivity index (χ3v) is 1.36. The van der Waals surface area contributed by atoms with Gasteiger partial charge in [-0.1, -0.05) is 0 Å². The normalized spacial score (nSPS) is 23.9. The predicted molar refractivity (Wildman–Crippen MR) is 33.0 cm³/mol. The van der Waals surface area contributed by atoms with Crippen LogP contribution in [0.4, 0.5) is 0 Å². The molecule has 1 rings (SSSR count). The maximum Gasteiger partial charge on any atom is 0.323 e. The average molecular weight is 140 g/mol. The van der Waals surface area contributed by atoms with E-state index in [2.05, 4.69) is 10.1 Å². The molecule has 10 heavy (non-hydrogen) atoms. The van der Waals surface area contributed by atoms with E-state index in [0.717, 1.165) is 0 Å². The van der Waals surface area contributed by atoms with Gasteiger partial charge in [-0.05, 0) is 0 Å². The van der Waals surface area contributed by atoms with Gasteiger partial charge in [0.2, 0.25) is 0 Å². The first-order valence-corrected chi connectivity index (χ1v) is 3.11. The van der Waals surface area contributed by atoms with Gasteiger partial charge < -0.3 is 4.74 Å². The molecule has 1 atom stereocenters. The molecule has 0 saturated carbocycles. The van der Waals surface area contributed by atoms with Crippen LogP contribution in [0.15, 0.2) is 0 Å². The zero-order valence-electron chi connectivity index (χ0n) is 5.46. The van der Waals surface area contributed by atoms with Crippen molar-refractivity contribution in [1.29, 1.82) is 5.26 Å². The number of nitrogens with one attached hydrogen (secondary N) is 1. The maximum atomic E-state index is 10.7. The van der Waals surface area contributed by atoms with E-state index in [-0.39, 0.29) is 18.6 Å². The van der Waals surface area contributed by atoms with E-state index < -0.39 is 0 Å². The lowest BCUT2D eigenvalue weighted by Crippen LogP contribution is -2.33. The smallest absolute Gasteiger partial charge is 0.323 e. The molecular weight excluding hydrogens is 132 g/mol. The van der Waals surface area contributed by atoms with Crippen molar-refractivity contribution in [3.05, 3.63) is 0 Å². The lowest BCUT2D eigenvalue weighted by molar-refractivity contribution is -0.139. The van der Waals surface area contributed by atoms with Crippen LogP contribution in [0.2, 0.25) is 0 Å². The lowest BCUT2D eigenvalue weighted by Gasteiger charge is -2.01. The van der Waals surface area contributed by atoms with Gasteiger partial charge in [-0.15, -0.1) is 0 Å². The highest BCUT2D eigenvalue weighted by atomic mass is 16.5. The number of esters is 1. The minimum atomic E-state index is -0.250. The number of rotatable bonds is 2. The molecule has 0 aromatic heterocycles. The molecule has 1 aliphatic heterocycles. The van der Waals surface area contributed by atoms with E-state index in [1.165, 1.54) is 0 Å². The standard InChI is InChI=1S/C6H8N2O2/c7-2-3-8-5-1-4-10-6(5)9/h5,8H,1,3-4H2. The Hall–Kier alpha value is -1.08. The SMILES string of the molecule is N#CCNC1CCOC1=O. The Morgan fingerprint density at radius 2 is 2.70 bits per heavy atom. The molecule has 0 aromatic carbocycles. The molecule has 0 aromatic rings.